The fraction of sp³-hybridized carbons (Fsp3) is 0.154. The lowest BCUT2D eigenvalue weighted by atomic mass is 10.2. The smallest absolute Gasteiger partial charge is 0.222 e. The number of hydrogen-bond donors (Lipinski definition) is 0. The SMILES string of the molecule is Cc1ccc(Oc2ncc(Br)cc2C)c(Br)c1. The van der Waals surface area contributed by atoms with E-state index in [1.54, 1.807) is 6.20 Å². The van der Waals surface area contributed by atoms with E-state index in [-0.39, 0.29) is 0 Å². The van der Waals surface area contributed by atoms with Gasteiger partial charge in [0, 0.05) is 16.2 Å². The molecule has 0 fully saturated rings. The van der Waals surface area contributed by atoms with Crippen LogP contribution in [0.3, 0.4) is 0 Å². The fourth-order valence-electron chi connectivity index (χ4n) is 1.43. The quantitative estimate of drug-likeness (QED) is 0.754. The lowest BCUT2D eigenvalue weighted by Crippen LogP contribution is -1.92. The minimum absolute atomic E-state index is 0.623. The van der Waals surface area contributed by atoms with Gasteiger partial charge in [-0.3, -0.25) is 0 Å². The molecule has 4 heteroatoms. The molecule has 0 aliphatic heterocycles. The summed E-state index contributed by atoms with van der Waals surface area (Å²) in [6.45, 7) is 4.01. The van der Waals surface area contributed by atoms with Crippen molar-refractivity contribution in [2.75, 3.05) is 0 Å². The summed E-state index contributed by atoms with van der Waals surface area (Å²) in [6.07, 6.45) is 1.73. The molecule has 17 heavy (non-hydrogen) atoms. The van der Waals surface area contributed by atoms with Gasteiger partial charge in [0.25, 0.3) is 0 Å². The Hall–Kier alpha value is -0.870. The molecule has 0 bridgehead atoms. The molecule has 0 spiro atoms. The van der Waals surface area contributed by atoms with E-state index < -0.39 is 0 Å². The Morgan fingerprint density at radius 1 is 1.12 bits per heavy atom. The van der Waals surface area contributed by atoms with Crippen LogP contribution in [0.1, 0.15) is 11.1 Å². The van der Waals surface area contributed by atoms with Gasteiger partial charge < -0.3 is 4.74 Å². The standard InChI is InChI=1S/C13H11Br2NO/c1-8-3-4-12(11(15)5-8)17-13-9(2)6-10(14)7-16-13/h3-7H,1-2H3. The third-order valence-electron chi connectivity index (χ3n) is 2.29. The van der Waals surface area contributed by atoms with Crippen molar-refractivity contribution in [2.45, 2.75) is 13.8 Å². The van der Waals surface area contributed by atoms with Crippen molar-refractivity contribution in [1.29, 1.82) is 0 Å². The van der Waals surface area contributed by atoms with Crippen LogP contribution in [0.5, 0.6) is 11.6 Å². The lowest BCUT2D eigenvalue weighted by Gasteiger charge is -2.09. The van der Waals surface area contributed by atoms with E-state index in [1.807, 2.05) is 38.1 Å². The van der Waals surface area contributed by atoms with Crippen LogP contribution in [-0.4, -0.2) is 4.98 Å². The molecule has 1 aromatic carbocycles. The number of aryl methyl sites for hydroxylation is 2. The van der Waals surface area contributed by atoms with Crippen LogP contribution in [0, 0.1) is 13.8 Å². The molecular formula is C13H11Br2NO. The highest BCUT2D eigenvalue weighted by molar-refractivity contribution is 9.10. The van der Waals surface area contributed by atoms with Gasteiger partial charge in [0.05, 0.1) is 4.47 Å². The van der Waals surface area contributed by atoms with Gasteiger partial charge in [-0.2, -0.15) is 0 Å². The number of hydrogen-bond acceptors (Lipinski definition) is 2. The predicted molar refractivity (Wildman–Crippen MR) is 75.6 cm³/mol. The van der Waals surface area contributed by atoms with Gasteiger partial charge in [-0.05, 0) is 69.5 Å². The first-order valence-electron chi connectivity index (χ1n) is 5.12. The first-order valence-corrected chi connectivity index (χ1v) is 6.71. The van der Waals surface area contributed by atoms with Crippen LogP contribution >= 0.6 is 31.9 Å². The zero-order valence-electron chi connectivity index (χ0n) is 9.50. The van der Waals surface area contributed by atoms with Crippen LogP contribution in [0.2, 0.25) is 0 Å². The van der Waals surface area contributed by atoms with E-state index in [0.29, 0.717) is 5.88 Å². The molecule has 2 rings (SSSR count). The topological polar surface area (TPSA) is 22.1 Å². The Balaban J connectivity index is 2.31. The third-order valence-corrected chi connectivity index (χ3v) is 3.34. The summed E-state index contributed by atoms with van der Waals surface area (Å²) < 4.78 is 7.65. The second kappa shape index (κ2) is 5.19. The largest absolute Gasteiger partial charge is 0.438 e. The van der Waals surface area contributed by atoms with Crippen LogP contribution in [0.25, 0.3) is 0 Å². The molecule has 0 radical (unpaired) electrons. The van der Waals surface area contributed by atoms with Crippen molar-refractivity contribution in [3.05, 3.63) is 50.5 Å². The molecule has 0 saturated heterocycles. The average molecular weight is 357 g/mol. The first-order chi connectivity index (χ1) is 8.06. The number of benzene rings is 1. The van der Waals surface area contributed by atoms with Gasteiger partial charge in [-0.15, -0.1) is 0 Å². The monoisotopic (exact) mass is 355 g/mol. The molecule has 0 saturated carbocycles. The van der Waals surface area contributed by atoms with E-state index in [4.69, 9.17) is 4.74 Å². The summed E-state index contributed by atoms with van der Waals surface area (Å²) in [5.74, 6) is 1.39. The highest BCUT2D eigenvalue weighted by Crippen LogP contribution is 2.31. The van der Waals surface area contributed by atoms with Gasteiger partial charge >= 0.3 is 0 Å². The molecule has 1 aromatic heterocycles. The van der Waals surface area contributed by atoms with Crippen molar-refractivity contribution >= 4 is 31.9 Å². The number of aromatic nitrogens is 1. The molecule has 1 heterocycles. The number of rotatable bonds is 2. The Morgan fingerprint density at radius 2 is 1.88 bits per heavy atom. The second-order valence-corrected chi connectivity index (χ2v) is 5.58. The molecule has 0 unspecified atom stereocenters. The summed E-state index contributed by atoms with van der Waals surface area (Å²) in [6, 6.07) is 7.94. The molecule has 2 nitrogen and oxygen atoms in total. The summed E-state index contributed by atoms with van der Waals surface area (Å²) in [5, 5.41) is 0. The summed E-state index contributed by atoms with van der Waals surface area (Å²) >= 11 is 6.86. The van der Waals surface area contributed by atoms with Gasteiger partial charge in [0.1, 0.15) is 5.75 Å². The van der Waals surface area contributed by atoms with Crippen LogP contribution in [0.15, 0.2) is 39.4 Å². The van der Waals surface area contributed by atoms with E-state index in [0.717, 1.165) is 20.3 Å². The zero-order chi connectivity index (χ0) is 12.4. The van der Waals surface area contributed by atoms with E-state index in [2.05, 4.69) is 36.8 Å². The molecule has 2 aromatic rings. The van der Waals surface area contributed by atoms with Crippen LogP contribution < -0.4 is 4.74 Å². The van der Waals surface area contributed by atoms with Gasteiger partial charge in [-0.1, -0.05) is 6.07 Å². The van der Waals surface area contributed by atoms with Crippen molar-refractivity contribution in [3.8, 4) is 11.6 Å². The predicted octanol–water partition coefficient (Wildman–Crippen LogP) is 5.02. The van der Waals surface area contributed by atoms with Crippen molar-refractivity contribution in [3.63, 3.8) is 0 Å². The lowest BCUT2D eigenvalue weighted by molar-refractivity contribution is 0.456. The Kier molecular flexibility index (Phi) is 3.84. The molecule has 0 amide bonds. The minimum atomic E-state index is 0.623. The molecular weight excluding hydrogens is 346 g/mol. The minimum Gasteiger partial charge on any atom is -0.438 e. The molecule has 0 aliphatic rings. The normalized spacial score (nSPS) is 10.4. The third kappa shape index (κ3) is 3.07. The molecule has 0 aliphatic carbocycles. The highest BCUT2D eigenvalue weighted by atomic mass is 79.9. The molecule has 0 atom stereocenters. The average Bonchev–Trinajstić information content (AvgIpc) is 2.25. The number of nitrogens with zero attached hydrogens (tertiary/aromatic N) is 1. The number of pyridine rings is 1. The van der Waals surface area contributed by atoms with E-state index >= 15 is 0 Å². The van der Waals surface area contributed by atoms with Gasteiger partial charge in [0.2, 0.25) is 5.88 Å². The zero-order valence-corrected chi connectivity index (χ0v) is 12.7. The Bertz CT molecular complexity index is 506. The summed E-state index contributed by atoms with van der Waals surface area (Å²) in [5.41, 5.74) is 2.18. The molecule has 88 valence electrons. The highest BCUT2D eigenvalue weighted by Gasteiger charge is 2.06. The molecule has 0 N–H and O–H groups in total. The Morgan fingerprint density at radius 3 is 2.53 bits per heavy atom. The maximum absolute atomic E-state index is 5.77. The van der Waals surface area contributed by atoms with Crippen LogP contribution in [-0.2, 0) is 0 Å². The van der Waals surface area contributed by atoms with Crippen molar-refractivity contribution in [1.82, 2.24) is 4.98 Å². The first kappa shape index (κ1) is 12.6. The van der Waals surface area contributed by atoms with Gasteiger partial charge in [0.15, 0.2) is 0 Å². The van der Waals surface area contributed by atoms with Gasteiger partial charge in [-0.25, -0.2) is 4.98 Å². The van der Waals surface area contributed by atoms with Crippen molar-refractivity contribution in [2.24, 2.45) is 0 Å². The number of halogens is 2. The van der Waals surface area contributed by atoms with E-state index in [9.17, 15) is 0 Å². The maximum Gasteiger partial charge on any atom is 0.222 e. The maximum atomic E-state index is 5.77. The second-order valence-electron chi connectivity index (χ2n) is 3.81. The van der Waals surface area contributed by atoms with Crippen molar-refractivity contribution < 1.29 is 4.74 Å². The van der Waals surface area contributed by atoms with Crippen LogP contribution in [0.4, 0.5) is 0 Å². The number of ether oxygens (including phenoxy) is 1. The summed E-state index contributed by atoms with van der Waals surface area (Å²) in [4.78, 5) is 4.25. The Labute approximate surface area is 117 Å². The van der Waals surface area contributed by atoms with E-state index in [1.165, 1.54) is 5.56 Å². The fourth-order valence-corrected chi connectivity index (χ4v) is 2.45. The summed E-state index contributed by atoms with van der Waals surface area (Å²) in [7, 11) is 0.